The summed E-state index contributed by atoms with van der Waals surface area (Å²) in [7, 11) is 2.99. The largest absolute Gasteiger partial charge is 0.497 e. The van der Waals surface area contributed by atoms with Crippen LogP contribution in [0.15, 0.2) is 72.8 Å². The van der Waals surface area contributed by atoms with Gasteiger partial charge in [-0.3, -0.25) is 4.79 Å². The number of carbonyl (C=O) groups is 2. The Morgan fingerprint density at radius 3 is 2.00 bits per heavy atom. The highest BCUT2D eigenvalue weighted by Crippen LogP contribution is 2.29. The zero-order valence-electron chi connectivity index (χ0n) is 16.7. The predicted molar refractivity (Wildman–Crippen MR) is 116 cm³/mol. The lowest BCUT2D eigenvalue weighted by Crippen LogP contribution is -2.15. The van der Waals surface area contributed by atoms with Gasteiger partial charge in [-0.1, -0.05) is 48.5 Å². The van der Waals surface area contributed by atoms with Gasteiger partial charge in [0.25, 0.3) is 0 Å². The lowest BCUT2D eigenvalue weighted by molar-refractivity contribution is 0.0477. The summed E-state index contributed by atoms with van der Waals surface area (Å²) in [5, 5.41) is 3.44. The molecule has 0 N–H and O–H groups in total. The molecule has 0 amide bonds. The van der Waals surface area contributed by atoms with Gasteiger partial charge in [0, 0.05) is 0 Å². The quantitative estimate of drug-likeness (QED) is 0.257. The molecule has 0 saturated heterocycles. The number of benzene rings is 4. The van der Waals surface area contributed by atoms with Crippen LogP contribution in [0.3, 0.4) is 0 Å². The summed E-state index contributed by atoms with van der Waals surface area (Å²) in [6.07, 6.45) is 0. The summed E-state index contributed by atoms with van der Waals surface area (Å²) >= 11 is 0. The van der Waals surface area contributed by atoms with Crippen LogP contribution in [0.4, 0.5) is 0 Å². The average molecular weight is 400 g/mol. The normalized spacial score (nSPS) is 10.7. The topological polar surface area (TPSA) is 61.8 Å². The number of ether oxygens (including phenoxy) is 3. The number of hydrogen-bond acceptors (Lipinski definition) is 5. The van der Waals surface area contributed by atoms with Crippen molar-refractivity contribution in [3.8, 4) is 11.5 Å². The van der Waals surface area contributed by atoms with E-state index in [9.17, 15) is 9.59 Å². The Morgan fingerprint density at radius 2 is 1.40 bits per heavy atom. The van der Waals surface area contributed by atoms with Gasteiger partial charge in [0.15, 0.2) is 6.61 Å². The minimum atomic E-state index is -0.543. The molecule has 0 heterocycles. The van der Waals surface area contributed by atoms with E-state index in [1.165, 1.54) is 14.2 Å². The molecular formula is C25H20O5. The van der Waals surface area contributed by atoms with Crippen molar-refractivity contribution in [3.05, 3.63) is 83.9 Å². The molecule has 0 bridgehead atoms. The molecule has 0 fully saturated rings. The Labute approximate surface area is 173 Å². The second-order valence-electron chi connectivity index (χ2n) is 6.76. The second-order valence-corrected chi connectivity index (χ2v) is 6.76. The van der Waals surface area contributed by atoms with E-state index in [1.807, 2.05) is 54.6 Å². The monoisotopic (exact) mass is 400 g/mol. The van der Waals surface area contributed by atoms with E-state index in [1.54, 1.807) is 18.2 Å². The Balaban J connectivity index is 1.66. The minimum Gasteiger partial charge on any atom is -0.497 e. The van der Waals surface area contributed by atoms with Crippen LogP contribution in [-0.2, 0) is 4.74 Å². The van der Waals surface area contributed by atoms with Gasteiger partial charge in [-0.25, -0.2) is 4.79 Å². The lowest BCUT2D eigenvalue weighted by Gasteiger charge is -2.12. The molecule has 0 unspecified atom stereocenters. The van der Waals surface area contributed by atoms with E-state index in [-0.39, 0.29) is 5.78 Å². The molecule has 4 aromatic carbocycles. The molecular weight excluding hydrogens is 380 g/mol. The SMILES string of the molecule is COc1ccc(OC)c(C(=O)COC(=O)c2c3ccccc3cc3ccccc23)c1. The van der Waals surface area contributed by atoms with E-state index >= 15 is 0 Å². The van der Waals surface area contributed by atoms with Crippen molar-refractivity contribution in [2.45, 2.75) is 0 Å². The molecule has 4 rings (SSSR count). The van der Waals surface area contributed by atoms with Crippen molar-refractivity contribution in [3.63, 3.8) is 0 Å². The third kappa shape index (κ3) is 3.57. The zero-order chi connectivity index (χ0) is 21.1. The molecule has 0 spiro atoms. The highest BCUT2D eigenvalue weighted by Gasteiger charge is 2.20. The first-order valence-corrected chi connectivity index (χ1v) is 9.45. The lowest BCUT2D eigenvalue weighted by atomic mass is 9.97. The molecule has 0 aromatic heterocycles. The Kier molecular flexibility index (Phi) is 5.35. The summed E-state index contributed by atoms with van der Waals surface area (Å²) in [4.78, 5) is 25.8. The van der Waals surface area contributed by atoms with Crippen molar-refractivity contribution in [1.82, 2.24) is 0 Å². The van der Waals surface area contributed by atoms with Crippen molar-refractivity contribution in [1.29, 1.82) is 0 Å². The summed E-state index contributed by atoms with van der Waals surface area (Å²) < 4.78 is 15.9. The van der Waals surface area contributed by atoms with Crippen LogP contribution in [0, 0.1) is 0 Å². The standard InChI is InChI=1S/C25H20O5/c1-28-18-11-12-23(29-2)21(14-18)22(26)15-30-25(27)24-19-9-5-3-7-16(19)13-17-8-4-6-10-20(17)24/h3-14H,15H2,1-2H3. The summed E-state index contributed by atoms with van der Waals surface area (Å²) in [5.41, 5.74) is 0.751. The average Bonchev–Trinajstić information content (AvgIpc) is 2.80. The van der Waals surface area contributed by atoms with Crippen LogP contribution in [0.25, 0.3) is 21.5 Å². The third-order valence-electron chi connectivity index (χ3n) is 5.02. The van der Waals surface area contributed by atoms with E-state index in [2.05, 4.69) is 0 Å². The van der Waals surface area contributed by atoms with Crippen LogP contribution < -0.4 is 9.47 Å². The van der Waals surface area contributed by atoms with Crippen LogP contribution in [0.2, 0.25) is 0 Å². The molecule has 0 saturated carbocycles. The first-order chi connectivity index (χ1) is 14.6. The summed E-state index contributed by atoms with van der Waals surface area (Å²) in [6, 6.07) is 22.2. The van der Waals surface area contributed by atoms with Crippen LogP contribution in [0.5, 0.6) is 11.5 Å². The molecule has 5 nitrogen and oxygen atoms in total. The Bertz CT molecular complexity index is 1210. The summed E-state index contributed by atoms with van der Waals surface area (Å²) in [6.45, 7) is -0.403. The van der Waals surface area contributed by atoms with Crippen LogP contribution in [0.1, 0.15) is 20.7 Å². The van der Waals surface area contributed by atoms with Gasteiger partial charge in [-0.15, -0.1) is 0 Å². The van der Waals surface area contributed by atoms with Crippen LogP contribution >= 0.6 is 0 Å². The van der Waals surface area contributed by atoms with Gasteiger partial charge < -0.3 is 14.2 Å². The smallest absolute Gasteiger partial charge is 0.339 e. The first-order valence-electron chi connectivity index (χ1n) is 9.45. The van der Waals surface area contributed by atoms with E-state index < -0.39 is 12.6 Å². The number of rotatable bonds is 6. The zero-order valence-corrected chi connectivity index (χ0v) is 16.7. The van der Waals surface area contributed by atoms with Crippen molar-refractivity contribution < 1.29 is 23.8 Å². The Morgan fingerprint density at radius 1 is 0.767 bits per heavy atom. The molecule has 0 aliphatic heterocycles. The van der Waals surface area contributed by atoms with Crippen molar-refractivity contribution in [2.75, 3.05) is 20.8 Å². The van der Waals surface area contributed by atoms with E-state index in [4.69, 9.17) is 14.2 Å². The molecule has 30 heavy (non-hydrogen) atoms. The highest BCUT2D eigenvalue weighted by molar-refractivity contribution is 6.17. The maximum Gasteiger partial charge on any atom is 0.339 e. The van der Waals surface area contributed by atoms with Gasteiger partial charge in [0.2, 0.25) is 5.78 Å². The number of methoxy groups -OCH3 is 2. The highest BCUT2D eigenvalue weighted by atomic mass is 16.5. The van der Waals surface area contributed by atoms with Crippen LogP contribution in [-0.4, -0.2) is 32.6 Å². The summed E-state index contributed by atoms with van der Waals surface area (Å²) in [5.74, 6) is -0.000149. The van der Waals surface area contributed by atoms with Gasteiger partial charge >= 0.3 is 5.97 Å². The molecule has 0 aliphatic carbocycles. The Hall–Kier alpha value is -3.86. The number of fused-ring (bicyclic) bond motifs is 2. The van der Waals surface area contributed by atoms with Gasteiger partial charge in [-0.05, 0) is 45.8 Å². The predicted octanol–water partition coefficient (Wildman–Crippen LogP) is 5.05. The second kappa shape index (κ2) is 8.25. The maximum absolute atomic E-state index is 13.1. The molecule has 5 heteroatoms. The van der Waals surface area contributed by atoms with Crippen molar-refractivity contribution in [2.24, 2.45) is 0 Å². The number of hydrogen-bond donors (Lipinski definition) is 0. The first kappa shape index (κ1) is 19.5. The van der Waals surface area contributed by atoms with E-state index in [0.717, 1.165) is 21.5 Å². The number of Topliss-reactive ketones (excluding diaryl/α,β-unsaturated/α-hetero) is 1. The number of esters is 1. The van der Waals surface area contributed by atoms with Crippen molar-refractivity contribution >= 4 is 33.3 Å². The third-order valence-corrected chi connectivity index (χ3v) is 5.02. The molecule has 0 radical (unpaired) electrons. The molecule has 4 aromatic rings. The maximum atomic E-state index is 13.1. The minimum absolute atomic E-state index is 0.299. The number of ketones is 1. The molecule has 0 aliphatic rings. The fourth-order valence-electron chi connectivity index (χ4n) is 3.55. The van der Waals surface area contributed by atoms with Gasteiger partial charge in [-0.2, -0.15) is 0 Å². The fraction of sp³-hybridized carbons (Fsp3) is 0.120. The van der Waals surface area contributed by atoms with Gasteiger partial charge in [0.05, 0.1) is 25.3 Å². The van der Waals surface area contributed by atoms with Gasteiger partial charge in [0.1, 0.15) is 11.5 Å². The molecule has 0 atom stereocenters. The van der Waals surface area contributed by atoms with E-state index in [0.29, 0.717) is 22.6 Å². The fourth-order valence-corrected chi connectivity index (χ4v) is 3.55. The molecule has 150 valence electrons. The number of carbonyl (C=O) groups excluding carboxylic acids is 2.